The summed E-state index contributed by atoms with van der Waals surface area (Å²) >= 11 is 0. The SMILES string of the molecule is CC(C)n1c2ccccc2c2ccnc(CNCCCNCc3nccc4c5ccccc5n(C(C)C)c34)c21. The molecule has 0 amide bonds. The minimum Gasteiger partial charge on any atom is -0.336 e. The Morgan fingerprint density at radius 1 is 0.590 bits per heavy atom. The highest BCUT2D eigenvalue weighted by molar-refractivity contribution is 6.09. The van der Waals surface area contributed by atoms with Crippen LogP contribution in [0.5, 0.6) is 0 Å². The molecule has 4 heterocycles. The lowest BCUT2D eigenvalue weighted by Crippen LogP contribution is -2.23. The molecule has 0 atom stereocenters. The minimum absolute atomic E-state index is 0.368. The highest BCUT2D eigenvalue weighted by Crippen LogP contribution is 2.34. The van der Waals surface area contributed by atoms with E-state index < -0.39 is 0 Å². The standard InChI is InChI=1S/C33H38N6/c1-22(2)38-30-12-7-5-10-24(30)26-14-18-36-28(32(26)38)20-34-16-9-17-35-21-29-33-27(15-19-37-29)25-11-6-8-13-31(25)39(33)23(3)4/h5-8,10-15,18-19,22-23,34-35H,9,16-17,20-21H2,1-4H3. The second kappa shape index (κ2) is 10.8. The van der Waals surface area contributed by atoms with Gasteiger partial charge in [0.15, 0.2) is 0 Å². The van der Waals surface area contributed by atoms with Crippen LogP contribution in [0, 0.1) is 0 Å². The van der Waals surface area contributed by atoms with Crippen LogP contribution in [0.25, 0.3) is 43.6 Å². The van der Waals surface area contributed by atoms with Crippen LogP contribution in [0.15, 0.2) is 73.1 Å². The molecule has 4 aromatic heterocycles. The number of aromatic nitrogens is 4. The fourth-order valence-corrected chi connectivity index (χ4v) is 6.11. The summed E-state index contributed by atoms with van der Waals surface area (Å²) in [6.45, 7) is 12.4. The van der Waals surface area contributed by atoms with Gasteiger partial charge in [0, 0.05) is 70.1 Å². The summed E-state index contributed by atoms with van der Waals surface area (Å²) in [5.74, 6) is 0. The fourth-order valence-electron chi connectivity index (χ4n) is 6.11. The first-order valence-electron chi connectivity index (χ1n) is 14.2. The number of hydrogen-bond donors (Lipinski definition) is 2. The van der Waals surface area contributed by atoms with Crippen molar-refractivity contribution in [3.8, 4) is 0 Å². The molecule has 6 nitrogen and oxygen atoms in total. The van der Waals surface area contributed by atoms with Crippen LogP contribution >= 0.6 is 0 Å². The van der Waals surface area contributed by atoms with Gasteiger partial charge in [-0.1, -0.05) is 36.4 Å². The van der Waals surface area contributed by atoms with Crippen molar-refractivity contribution in [1.29, 1.82) is 0 Å². The van der Waals surface area contributed by atoms with Crippen molar-refractivity contribution in [2.24, 2.45) is 0 Å². The summed E-state index contributed by atoms with van der Waals surface area (Å²) in [6.07, 6.45) is 4.93. The molecular weight excluding hydrogens is 480 g/mol. The summed E-state index contributed by atoms with van der Waals surface area (Å²) in [4.78, 5) is 9.56. The fraction of sp³-hybridized carbons (Fsp3) is 0.333. The summed E-state index contributed by atoms with van der Waals surface area (Å²) in [5, 5.41) is 12.4. The summed E-state index contributed by atoms with van der Waals surface area (Å²) < 4.78 is 4.86. The average Bonchev–Trinajstić information content (AvgIpc) is 3.47. The van der Waals surface area contributed by atoms with E-state index in [1.54, 1.807) is 0 Å². The van der Waals surface area contributed by atoms with E-state index in [4.69, 9.17) is 9.97 Å². The number of benzene rings is 2. The van der Waals surface area contributed by atoms with Gasteiger partial charge in [0.1, 0.15) is 0 Å². The van der Waals surface area contributed by atoms with Crippen LogP contribution in [-0.2, 0) is 13.1 Å². The second-order valence-corrected chi connectivity index (χ2v) is 11.0. The van der Waals surface area contributed by atoms with Gasteiger partial charge in [0.25, 0.3) is 0 Å². The largest absolute Gasteiger partial charge is 0.336 e. The Bertz CT molecular complexity index is 1630. The lowest BCUT2D eigenvalue weighted by molar-refractivity contribution is 0.584. The van der Waals surface area contributed by atoms with Gasteiger partial charge in [0.2, 0.25) is 0 Å². The van der Waals surface area contributed by atoms with Gasteiger partial charge in [0.05, 0.1) is 22.4 Å². The van der Waals surface area contributed by atoms with Crippen LogP contribution in [0.1, 0.15) is 57.6 Å². The first-order chi connectivity index (χ1) is 19.1. The van der Waals surface area contributed by atoms with Crippen LogP contribution in [0.4, 0.5) is 0 Å². The molecule has 0 fully saturated rings. The number of rotatable bonds is 10. The molecule has 0 aliphatic rings. The van der Waals surface area contributed by atoms with E-state index in [9.17, 15) is 0 Å². The zero-order chi connectivity index (χ0) is 26.9. The maximum atomic E-state index is 4.78. The normalized spacial score (nSPS) is 12.3. The van der Waals surface area contributed by atoms with Gasteiger partial charge < -0.3 is 19.8 Å². The Morgan fingerprint density at radius 3 is 1.46 bits per heavy atom. The van der Waals surface area contributed by atoms with Gasteiger partial charge in [-0.05, 0) is 71.5 Å². The predicted octanol–water partition coefficient (Wildman–Crippen LogP) is 7.12. The molecule has 6 aromatic rings. The van der Waals surface area contributed by atoms with Gasteiger partial charge in [-0.15, -0.1) is 0 Å². The van der Waals surface area contributed by atoms with Crippen molar-refractivity contribution in [1.82, 2.24) is 29.7 Å². The maximum Gasteiger partial charge on any atom is 0.0784 e. The van der Waals surface area contributed by atoms with Crippen molar-refractivity contribution < 1.29 is 0 Å². The van der Waals surface area contributed by atoms with E-state index in [-0.39, 0.29) is 0 Å². The Kier molecular flexibility index (Phi) is 7.07. The topological polar surface area (TPSA) is 59.7 Å². The van der Waals surface area contributed by atoms with Crippen molar-refractivity contribution in [3.05, 3.63) is 84.4 Å². The number of hydrogen-bond acceptors (Lipinski definition) is 4. The molecule has 0 spiro atoms. The Hall–Kier alpha value is -3.74. The van der Waals surface area contributed by atoms with E-state index in [0.29, 0.717) is 12.1 Å². The molecule has 0 bridgehead atoms. The van der Waals surface area contributed by atoms with E-state index in [0.717, 1.165) is 44.0 Å². The first-order valence-corrected chi connectivity index (χ1v) is 14.2. The van der Waals surface area contributed by atoms with E-state index >= 15 is 0 Å². The molecule has 0 saturated carbocycles. The third kappa shape index (κ3) is 4.58. The molecule has 2 N–H and O–H groups in total. The highest BCUT2D eigenvalue weighted by Gasteiger charge is 2.17. The van der Waals surface area contributed by atoms with Gasteiger partial charge >= 0.3 is 0 Å². The molecule has 0 unspecified atom stereocenters. The lowest BCUT2D eigenvalue weighted by Gasteiger charge is -2.15. The molecule has 0 radical (unpaired) electrons. The molecule has 39 heavy (non-hydrogen) atoms. The van der Waals surface area contributed by atoms with Crippen molar-refractivity contribution >= 4 is 43.6 Å². The number of para-hydroxylation sites is 2. The van der Waals surface area contributed by atoms with E-state index in [1.807, 2.05) is 12.4 Å². The third-order valence-electron chi connectivity index (χ3n) is 7.71. The number of nitrogens with zero attached hydrogens (tertiary/aromatic N) is 4. The smallest absolute Gasteiger partial charge is 0.0784 e. The molecule has 0 saturated heterocycles. The van der Waals surface area contributed by atoms with Crippen LogP contribution < -0.4 is 10.6 Å². The summed E-state index contributed by atoms with van der Waals surface area (Å²) in [7, 11) is 0. The molecule has 6 heteroatoms. The first kappa shape index (κ1) is 25.5. The molecule has 2 aromatic carbocycles. The van der Waals surface area contributed by atoms with E-state index in [2.05, 4.69) is 108 Å². The molecule has 6 rings (SSSR count). The Labute approximate surface area is 230 Å². The quantitative estimate of drug-likeness (QED) is 0.190. The third-order valence-corrected chi connectivity index (χ3v) is 7.71. The van der Waals surface area contributed by atoms with Gasteiger partial charge in [-0.2, -0.15) is 0 Å². The zero-order valence-electron chi connectivity index (χ0n) is 23.4. The number of pyridine rings is 2. The monoisotopic (exact) mass is 518 g/mol. The Morgan fingerprint density at radius 2 is 1.03 bits per heavy atom. The molecule has 0 aliphatic carbocycles. The minimum atomic E-state index is 0.368. The zero-order valence-corrected chi connectivity index (χ0v) is 23.4. The Balaban J connectivity index is 1.10. The van der Waals surface area contributed by atoms with Gasteiger partial charge in [-0.3, -0.25) is 9.97 Å². The number of fused-ring (bicyclic) bond motifs is 6. The van der Waals surface area contributed by atoms with Gasteiger partial charge in [-0.25, -0.2) is 0 Å². The second-order valence-electron chi connectivity index (χ2n) is 11.0. The predicted molar refractivity (Wildman–Crippen MR) is 163 cm³/mol. The molecule has 0 aliphatic heterocycles. The van der Waals surface area contributed by atoms with Crippen LogP contribution in [0.3, 0.4) is 0 Å². The maximum absolute atomic E-state index is 4.78. The molecular formula is C33H38N6. The lowest BCUT2D eigenvalue weighted by atomic mass is 10.1. The molecule has 200 valence electrons. The van der Waals surface area contributed by atoms with E-state index in [1.165, 1.54) is 43.6 Å². The van der Waals surface area contributed by atoms with Crippen LogP contribution in [-0.4, -0.2) is 32.2 Å². The van der Waals surface area contributed by atoms with Crippen LogP contribution in [0.2, 0.25) is 0 Å². The van der Waals surface area contributed by atoms with Crippen molar-refractivity contribution in [2.75, 3.05) is 13.1 Å². The highest BCUT2D eigenvalue weighted by atomic mass is 15.0. The summed E-state index contributed by atoms with van der Waals surface area (Å²) in [6, 6.07) is 22.4. The average molecular weight is 519 g/mol. The summed E-state index contributed by atoms with van der Waals surface area (Å²) in [5.41, 5.74) is 7.28. The van der Waals surface area contributed by atoms with Crippen molar-refractivity contribution in [2.45, 2.75) is 59.3 Å². The number of nitrogens with one attached hydrogen (secondary N) is 2. The van der Waals surface area contributed by atoms with Crippen molar-refractivity contribution in [3.63, 3.8) is 0 Å².